The van der Waals surface area contributed by atoms with Crippen molar-refractivity contribution in [1.29, 1.82) is 0 Å². The molecule has 0 unspecified atom stereocenters. The van der Waals surface area contributed by atoms with Crippen molar-refractivity contribution in [3.05, 3.63) is 45.7 Å². The summed E-state index contributed by atoms with van der Waals surface area (Å²) in [5, 5.41) is 0. The van der Waals surface area contributed by atoms with Gasteiger partial charge in [-0.15, -0.1) is 11.3 Å². The molecule has 0 amide bonds. The Kier molecular flexibility index (Phi) is 5.31. The van der Waals surface area contributed by atoms with Crippen LogP contribution in [0.4, 0.5) is 8.78 Å². The summed E-state index contributed by atoms with van der Waals surface area (Å²) in [6.07, 6.45) is 0. The summed E-state index contributed by atoms with van der Waals surface area (Å²) in [6, 6.07) is 8.90. The molecule has 1 heterocycles. The highest BCUT2D eigenvalue weighted by atomic mass is 79.9. The number of nitrogens with one attached hydrogen (secondary N) is 1. The molecule has 4 nitrogen and oxygen atoms in total. The van der Waals surface area contributed by atoms with E-state index in [-0.39, 0.29) is 16.5 Å². The molecule has 114 valence electrons. The second-order valence-electron chi connectivity index (χ2n) is 3.91. The molecule has 1 N–H and O–H groups in total. The van der Waals surface area contributed by atoms with E-state index in [1.807, 2.05) is 0 Å². The molecule has 0 aliphatic heterocycles. The van der Waals surface area contributed by atoms with Crippen molar-refractivity contribution in [2.45, 2.75) is 17.4 Å². The molecule has 9 heteroatoms. The molecule has 0 aliphatic rings. The van der Waals surface area contributed by atoms with Crippen LogP contribution < -0.4 is 9.46 Å². The summed E-state index contributed by atoms with van der Waals surface area (Å²) < 4.78 is 55.5. The van der Waals surface area contributed by atoms with E-state index in [0.717, 1.165) is 15.1 Å². The first-order chi connectivity index (χ1) is 9.87. The molecule has 0 saturated carbocycles. The normalized spacial score (nSPS) is 11.8. The van der Waals surface area contributed by atoms with Gasteiger partial charge in [0, 0.05) is 6.54 Å². The standard InChI is InChI=1S/C12H10BrF2NO3S2/c13-10-5-6-11(20-10)21(17,18)16-7-8-1-3-9(4-2-8)19-12(14)15/h1-6,12,16H,7H2. The third-order valence-electron chi connectivity index (χ3n) is 2.43. The molecule has 0 bridgehead atoms. The lowest BCUT2D eigenvalue weighted by atomic mass is 10.2. The van der Waals surface area contributed by atoms with Crippen molar-refractivity contribution in [2.24, 2.45) is 0 Å². The monoisotopic (exact) mass is 397 g/mol. The summed E-state index contributed by atoms with van der Waals surface area (Å²) in [5.41, 5.74) is 0.635. The number of halogens is 3. The number of hydrogen-bond acceptors (Lipinski definition) is 4. The van der Waals surface area contributed by atoms with E-state index in [1.165, 1.54) is 30.3 Å². The second-order valence-corrected chi connectivity index (χ2v) is 8.36. The van der Waals surface area contributed by atoms with Gasteiger partial charge in [0.1, 0.15) is 9.96 Å². The van der Waals surface area contributed by atoms with Gasteiger partial charge in [-0.1, -0.05) is 12.1 Å². The fourth-order valence-corrected chi connectivity index (χ4v) is 4.55. The molecule has 0 radical (unpaired) electrons. The first kappa shape index (κ1) is 16.3. The van der Waals surface area contributed by atoms with E-state index in [9.17, 15) is 17.2 Å². The smallest absolute Gasteiger partial charge is 0.387 e. The lowest BCUT2D eigenvalue weighted by molar-refractivity contribution is -0.0498. The maximum absolute atomic E-state index is 12.0. The lowest BCUT2D eigenvalue weighted by Crippen LogP contribution is -2.22. The molecular formula is C12H10BrF2NO3S2. The molecule has 0 spiro atoms. The molecule has 0 aliphatic carbocycles. The molecule has 2 rings (SSSR count). The van der Waals surface area contributed by atoms with Crippen LogP contribution in [0.15, 0.2) is 44.4 Å². The molecule has 0 atom stereocenters. The fourth-order valence-electron chi connectivity index (χ4n) is 1.48. The van der Waals surface area contributed by atoms with E-state index < -0.39 is 16.6 Å². The largest absolute Gasteiger partial charge is 0.435 e. The van der Waals surface area contributed by atoms with Gasteiger partial charge in [-0.25, -0.2) is 13.1 Å². The van der Waals surface area contributed by atoms with Crippen LogP contribution in [0.1, 0.15) is 5.56 Å². The van der Waals surface area contributed by atoms with Crippen molar-refractivity contribution in [3.63, 3.8) is 0 Å². The van der Waals surface area contributed by atoms with Crippen molar-refractivity contribution in [2.75, 3.05) is 0 Å². The molecule has 0 saturated heterocycles. The predicted molar refractivity (Wildman–Crippen MR) is 79.1 cm³/mol. The molecule has 0 fully saturated rings. The van der Waals surface area contributed by atoms with Crippen molar-refractivity contribution in [3.8, 4) is 5.75 Å². The zero-order chi connectivity index (χ0) is 15.5. The number of rotatable bonds is 6. The Morgan fingerprint density at radius 2 is 1.86 bits per heavy atom. The van der Waals surface area contributed by atoms with E-state index >= 15 is 0 Å². The Morgan fingerprint density at radius 1 is 1.19 bits per heavy atom. The van der Waals surface area contributed by atoms with E-state index in [2.05, 4.69) is 25.4 Å². The van der Waals surface area contributed by atoms with Gasteiger partial charge in [0.25, 0.3) is 0 Å². The van der Waals surface area contributed by atoms with Gasteiger partial charge < -0.3 is 4.74 Å². The summed E-state index contributed by atoms with van der Waals surface area (Å²) in [6.45, 7) is -2.82. The Bertz CT molecular complexity index is 702. The minimum Gasteiger partial charge on any atom is -0.435 e. The van der Waals surface area contributed by atoms with Crippen LogP contribution in [0.5, 0.6) is 5.75 Å². The molecule has 2 aromatic rings. The zero-order valence-electron chi connectivity index (χ0n) is 10.4. The van der Waals surface area contributed by atoms with Crippen LogP contribution in [0.2, 0.25) is 0 Å². The number of thiophene rings is 1. The van der Waals surface area contributed by atoms with Gasteiger partial charge in [-0.2, -0.15) is 8.78 Å². The topological polar surface area (TPSA) is 55.4 Å². The van der Waals surface area contributed by atoms with Crippen LogP contribution in [0.3, 0.4) is 0 Å². The maximum atomic E-state index is 12.0. The van der Waals surface area contributed by atoms with Gasteiger partial charge in [0.2, 0.25) is 10.0 Å². The van der Waals surface area contributed by atoms with E-state index in [1.54, 1.807) is 6.07 Å². The van der Waals surface area contributed by atoms with Gasteiger partial charge >= 0.3 is 6.61 Å². The molecule has 1 aromatic carbocycles. The van der Waals surface area contributed by atoms with Crippen molar-refractivity contribution < 1.29 is 21.9 Å². The maximum Gasteiger partial charge on any atom is 0.387 e. The van der Waals surface area contributed by atoms with Gasteiger partial charge in [-0.05, 0) is 45.8 Å². The molecule has 21 heavy (non-hydrogen) atoms. The Morgan fingerprint density at radius 3 is 2.38 bits per heavy atom. The number of alkyl halides is 2. The van der Waals surface area contributed by atoms with Gasteiger partial charge in [0.05, 0.1) is 3.79 Å². The second kappa shape index (κ2) is 6.82. The van der Waals surface area contributed by atoms with Gasteiger partial charge in [0.15, 0.2) is 0 Å². The third kappa shape index (κ3) is 4.73. The quantitative estimate of drug-likeness (QED) is 0.809. The van der Waals surface area contributed by atoms with Crippen LogP contribution in [0, 0.1) is 0 Å². The summed E-state index contributed by atoms with van der Waals surface area (Å²) in [7, 11) is -3.58. The van der Waals surface area contributed by atoms with Crippen LogP contribution in [-0.4, -0.2) is 15.0 Å². The first-order valence-electron chi connectivity index (χ1n) is 5.65. The highest BCUT2D eigenvalue weighted by Gasteiger charge is 2.16. The SMILES string of the molecule is O=S(=O)(NCc1ccc(OC(F)F)cc1)c1ccc(Br)s1. The van der Waals surface area contributed by atoms with Crippen LogP contribution in [-0.2, 0) is 16.6 Å². The summed E-state index contributed by atoms with van der Waals surface area (Å²) >= 11 is 4.30. The highest BCUT2D eigenvalue weighted by Crippen LogP contribution is 2.26. The number of benzene rings is 1. The Balaban J connectivity index is 1.99. The first-order valence-corrected chi connectivity index (χ1v) is 8.75. The molecule has 1 aromatic heterocycles. The van der Waals surface area contributed by atoms with Crippen molar-refractivity contribution in [1.82, 2.24) is 4.72 Å². The highest BCUT2D eigenvalue weighted by molar-refractivity contribution is 9.11. The number of hydrogen-bond donors (Lipinski definition) is 1. The predicted octanol–water partition coefficient (Wildman–Crippen LogP) is 3.59. The zero-order valence-corrected chi connectivity index (χ0v) is 13.6. The molecular weight excluding hydrogens is 388 g/mol. The lowest BCUT2D eigenvalue weighted by Gasteiger charge is -2.07. The Labute approximate surface area is 132 Å². The third-order valence-corrected chi connectivity index (χ3v) is 5.94. The minimum atomic E-state index is -3.58. The summed E-state index contributed by atoms with van der Waals surface area (Å²) in [5.74, 6) is 0.0267. The van der Waals surface area contributed by atoms with E-state index in [4.69, 9.17) is 0 Å². The summed E-state index contributed by atoms with van der Waals surface area (Å²) in [4.78, 5) is 0. The number of sulfonamides is 1. The van der Waals surface area contributed by atoms with E-state index in [0.29, 0.717) is 5.56 Å². The van der Waals surface area contributed by atoms with Crippen LogP contribution in [0.25, 0.3) is 0 Å². The van der Waals surface area contributed by atoms with Crippen LogP contribution >= 0.6 is 27.3 Å². The van der Waals surface area contributed by atoms with Gasteiger partial charge in [-0.3, -0.25) is 0 Å². The average Bonchev–Trinajstić information content (AvgIpc) is 2.85. The van der Waals surface area contributed by atoms with Crippen molar-refractivity contribution >= 4 is 37.3 Å². The minimum absolute atomic E-state index is 0.0267. The number of ether oxygens (including phenoxy) is 1. The Hall–Kier alpha value is -1.03. The average molecular weight is 398 g/mol. The fraction of sp³-hybridized carbons (Fsp3) is 0.167.